The number of primary amides is 1. The second-order valence-corrected chi connectivity index (χ2v) is 10.1. The lowest BCUT2D eigenvalue weighted by molar-refractivity contribution is -0.142. The third-order valence-electron chi connectivity index (χ3n) is 6.63. The van der Waals surface area contributed by atoms with Crippen molar-refractivity contribution in [1.29, 1.82) is 0 Å². The molecule has 0 saturated heterocycles. The molecular weight excluding hydrogens is 518 g/mol. The lowest BCUT2D eigenvalue weighted by Gasteiger charge is -2.25. The number of aromatic nitrogens is 1. The van der Waals surface area contributed by atoms with Crippen molar-refractivity contribution in [2.45, 2.75) is 76.5 Å². The number of hydrogen-bond acceptors (Lipinski definition) is 7. The van der Waals surface area contributed by atoms with Gasteiger partial charge in [0.2, 0.25) is 23.6 Å². The molecule has 0 aliphatic rings. The number of amides is 4. The molecule has 13 nitrogen and oxygen atoms in total. The minimum atomic E-state index is -1.27. The molecule has 1 aromatic heterocycles. The van der Waals surface area contributed by atoms with E-state index in [-0.39, 0.29) is 31.6 Å². The number of H-pyrrole nitrogens is 1. The number of fused-ring (bicyclic) bond motifs is 1. The van der Waals surface area contributed by atoms with E-state index >= 15 is 0 Å². The summed E-state index contributed by atoms with van der Waals surface area (Å²) in [6, 6.07) is 2.93. The summed E-state index contributed by atoms with van der Waals surface area (Å²) in [6.45, 7) is 3.86. The third kappa shape index (κ3) is 9.65. The summed E-state index contributed by atoms with van der Waals surface area (Å²) in [5.74, 6) is -4.12. The minimum Gasteiger partial charge on any atom is -0.480 e. The molecule has 0 fully saturated rings. The zero-order valence-corrected chi connectivity index (χ0v) is 22.9. The van der Waals surface area contributed by atoms with Crippen molar-refractivity contribution in [3.05, 3.63) is 36.0 Å². The predicted molar refractivity (Wildman–Crippen MR) is 150 cm³/mol. The molecule has 2 rings (SSSR count). The molecule has 220 valence electrons. The first kappa shape index (κ1) is 32.2. The second-order valence-electron chi connectivity index (χ2n) is 10.1. The highest BCUT2D eigenvalue weighted by atomic mass is 16.4. The number of carbonyl (C=O) groups excluding carboxylic acids is 4. The van der Waals surface area contributed by atoms with Crippen molar-refractivity contribution in [1.82, 2.24) is 20.9 Å². The highest BCUT2D eigenvalue weighted by Crippen LogP contribution is 2.19. The van der Waals surface area contributed by atoms with Gasteiger partial charge < -0.3 is 43.2 Å². The van der Waals surface area contributed by atoms with Crippen molar-refractivity contribution in [2.24, 2.45) is 23.1 Å². The summed E-state index contributed by atoms with van der Waals surface area (Å²) in [7, 11) is 0. The molecular formula is C27H41N7O6. The Bertz CT molecular complexity index is 1180. The van der Waals surface area contributed by atoms with E-state index in [9.17, 15) is 29.1 Å². The van der Waals surface area contributed by atoms with Gasteiger partial charge in [-0.15, -0.1) is 0 Å². The molecule has 4 unspecified atom stereocenters. The highest BCUT2D eigenvalue weighted by molar-refractivity contribution is 5.94. The Labute approximate surface area is 233 Å². The molecule has 0 bridgehead atoms. The van der Waals surface area contributed by atoms with Crippen molar-refractivity contribution < 1.29 is 29.1 Å². The van der Waals surface area contributed by atoms with E-state index < -0.39 is 53.8 Å². The Morgan fingerprint density at radius 1 is 0.900 bits per heavy atom. The van der Waals surface area contributed by atoms with Crippen LogP contribution in [-0.2, 0) is 30.4 Å². The third-order valence-corrected chi connectivity index (χ3v) is 6.63. The standard InChI is InChI=1S/C27H41N7O6/c1-15(2)23(30)26(38)33-20(10-11-22(29)35)25(37)32-19(9-5-6-12-28)24(36)34-21(27(39)40)13-16-14-31-18-8-4-3-7-17(16)18/h3-4,7-8,14-15,19-21,23,31H,5-6,9-13,28,30H2,1-2H3,(H2,29,35)(H,32,37)(H,33,38)(H,34,36)(H,39,40). The van der Waals surface area contributed by atoms with E-state index in [1.807, 2.05) is 24.3 Å². The first-order valence-corrected chi connectivity index (χ1v) is 13.4. The van der Waals surface area contributed by atoms with E-state index in [0.717, 1.165) is 10.9 Å². The zero-order valence-electron chi connectivity index (χ0n) is 22.9. The summed E-state index contributed by atoms with van der Waals surface area (Å²) >= 11 is 0. The molecule has 11 N–H and O–H groups in total. The first-order chi connectivity index (χ1) is 18.9. The van der Waals surface area contributed by atoms with Gasteiger partial charge in [0.1, 0.15) is 18.1 Å². The van der Waals surface area contributed by atoms with Crippen molar-refractivity contribution in [3.8, 4) is 0 Å². The van der Waals surface area contributed by atoms with E-state index in [1.165, 1.54) is 0 Å². The summed E-state index contributed by atoms with van der Waals surface area (Å²) in [5, 5.41) is 18.4. The maximum absolute atomic E-state index is 13.3. The van der Waals surface area contributed by atoms with Crippen molar-refractivity contribution >= 4 is 40.5 Å². The number of nitrogens with one attached hydrogen (secondary N) is 4. The fourth-order valence-corrected chi connectivity index (χ4v) is 4.15. The van der Waals surface area contributed by atoms with Gasteiger partial charge in [0, 0.05) is 29.9 Å². The van der Waals surface area contributed by atoms with Crippen LogP contribution in [0.25, 0.3) is 10.9 Å². The predicted octanol–water partition coefficient (Wildman–Crippen LogP) is -0.373. The molecule has 0 aliphatic heterocycles. The average molecular weight is 560 g/mol. The number of aromatic amines is 1. The Hall–Kier alpha value is -3.97. The van der Waals surface area contributed by atoms with Crippen LogP contribution in [0.2, 0.25) is 0 Å². The number of unbranched alkanes of at least 4 members (excludes halogenated alkanes) is 1. The van der Waals surface area contributed by atoms with E-state index in [1.54, 1.807) is 20.0 Å². The van der Waals surface area contributed by atoms with E-state index in [2.05, 4.69) is 20.9 Å². The molecule has 40 heavy (non-hydrogen) atoms. The SMILES string of the molecule is CC(C)C(N)C(=O)NC(CCC(N)=O)C(=O)NC(CCCCN)C(=O)NC(Cc1c[nH]c2ccccc12)C(=O)O. The van der Waals surface area contributed by atoms with Crippen LogP contribution in [0.5, 0.6) is 0 Å². The quantitative estimate of drug-likeness (QED) is 0.119. The molecule has 2 aromatic rings. The number of benzene rings is 1. The molecule has 4 atom stereocenters. The normalized spacial score (nSPS) is 14.2. The molecule has 13 heteroatoms. The van der Waals surface area contributed by atoms with Gasteiger partial charge in [0.25, 0.3) is 0 Å². The number of para-hydroxylation sites is 1. The number of aliphatic carboxylic acids is 1. The van der Waals surface area contributed by atoms with E-state index in [0.29, 0.717) is 24.9 Å². The van der Waals surface area contributed by atoms with E-state index in [4.69, 9.17) is 17.2 Å². The Kier molecular flexibility index (Phi) is 12.6. The lowest BCUT2D eigenvalue weighted by atomic mass is 10.0. The van der Waals surface area contributed by atoms with Crippen LogP contribution in [-0.4, -0.2) is 70.4 Å². The number of carbonyl (C=O) groups is 5. The van der Waals surface area contributed by atoms with Crippen LogP contribution < -0.4 is 33.2 Å². The largest absolute Gasteiger partial charge is 0.480 e. The Morgan fingerprint density at radius 2 is 1.50 bits per heavy atom. The summed E-state index contributed by atoms with van der Waals surface area (Å²) in [6.07, 6.45) is 2.64. The molecule has 0 saturated carbocycles. The van der Waals surface area contributed by atoms with Crippen LogP contribution in [0.3, 0.4) is 0 Å². The molecule has 4 amide bonds. The summed E-state index contributed by atoms with van der Waals surface area (Å²) < 4.78 is 0. The number of rotatable bonds is 17. The van der Waals surface area contributed by atoms with Gasteiger partial charge in [-0.25, -0.2) is 4.79 Å². The van der Waals surface area contributed by atoms with Crippen LogP contribution in [0.1, 0.15) is 51.5 Å². The second kappa shape index (κ2) is 15.6. The highest BCUT2D eigenvalue weighted by Gasteiger charge is 2.31. The zero-order chi connectivity index (χ0) is 29.8. The maximum Gasteiger partial charge on any atom is 0.326 e. The molecule has 1 aromatic carbocycles. The monoisotopic (exact) mass is 559 g/mol. The molecule has 0 aliphatic carbocycles. The van der Waals surface area contributed by atoms with Crippen LogP contribution in [0.15, 0.2) is 30.5 Å². The van der Waals surface area contributed by atoms with Crippen molar-refractivity contribution in [2.75, 3.05) is 6.54 Å². The number of carboxylic acids is 1. The number of carboxylic acid groups (broad SMARTS) is 1. The fraction of sp³-hybridized carbons (Fsp3) is 0.519. The summed E-state index contributed by atoms with van der Waals surface area (Å²) in [4.78, 5) is 65.6. The molecule has 1 heterocycles. The smallest absolute Gasteiger partial charge is 0.326 e. The van der Waals surface area contributed by atoms with Crippen LogP contribution >= 0.6 is 0 Å². The molecule has 0 spiro atoms. The minimum absolute atomic E-state index is 0.0128. The van der Waals surface area contributed by atoms with Gasteiger partial charge in [0.15, 0.2) is 0 Å². The van der Waals surface area contributed by atoms with Gasteiger partial charge in [0.05, 0.1) is 6.04 Å². The molecule has 0 radical (unpaired) electrons. The number of hydrogen-bond donors (Lipinski definition) is 8. The Morgan fingerprint density at radius 3 is 2.10 bits per heavy atom. The first-order valence-electron chi connectivity index (χ1n) is 13.4. The maximum atomic E-state index is 13.3. The van der Waals surface area contributed by atoms with Gasteiger partial charge in [-0.3, -0.25) is 19.2 Å². The van der Waals surface area contributed by atoms with Crippen LogP contribution in [0, 0.1) is 5.92 Å². The van der Waals surface area contributed by atoms with Gasteiger partial charge >= 0.3 is 5.97 Å². The summed E-state index contributed by atoms with van der Waals surface area (Å²) in [5.41, 5.74) is 18.3. The fourth-order valence-electron chi connectivity index (χ4n) is 4.15. The number of nitrogens with two attached hydrogens (primary N) is 3. The lowest BCUT2D eigenvalue weighted by Crippen LogP contribution is -2.57. The topological polar surface area (TPSA) is 236 Å². The van der Waals surface area contributed by atoms with Crippen LogP contribution in [0.4, 0.5) is 0 Å². The average Bonchev–Trinajstić information content (AvgIpc) is 3.31. The van der Waals surface area contributed by atoms with Gasteiger partial charge in [-0.2, -0.15) is 0 Å². The van der Waals surface area contributed by atoms with Gasteiger partial charge in [-0.1, -0.05) is 32.0 Å². The van der Waals surface area contributed by atoms with Gasteiger partial charge in [-0.05, 0) is 49.8 Å². The van der Waals surface area contributed by atoms with Crippen molar-refractivity contribution in [3.63, 3.8) is 0 Å². The Balaban J connectivity index is 2.20.